The Balaban J connectivity index is 0.000000267. The molecule has 0 aliphatic carbocycles. The predicted molar refractivity (Wildman–Crippen MR) is 224 cm³/mol. The molecule has 61 heavy (non-hydrogen) atoms. The van der Waals surface area contributed by atoms with E-state index in [1.807, 2.05) is 32.0 Å². The Morgan fingerprint density at radius 2 is 1.10 bits per heavy atom. The van der Waals surface area contributed by atoms with Gasteiger partial charge < -0.3 is 20.5 Å². The van der Waals surface area contributed by atoms with Gasteiger partial charge in [0.05, 0.1) is 22.5 Å². The van der Waals surface area contributed by atoms with Crippen molar-refractivity contribution >= 4 is 46.4 Å². The lowest BCUT2D eigenvalue weighted by Gasteiger charge is -2.14. The molecular weight excluding hydrogens is 849 g/mol. The van der Waals surface area contributed by atoms with E-state index in [0.717, 1.165) is 38.4 Å². The molecule has 2 heterocycles. The number of hydrogen-bond acceptors (Lipinski definition) is 6. The number of nitrogens with zero attached hydrogens (tertiary/aromatic N) is 4. The van der Waals surface area contributed by atoms with Gasteiger partial charge in [-0.25, -0.2) is 0 Å². The largest absolute Gasteiger partial charge is 0.506 e. The molecule has 3 N–H and O–H groups in total. The highest BCUT2D eigenvalue weighted by atomic mass is 35.5. The molecule has 10 nitrogen and oxygen atoms in total. The first-order valence-corrected chi connectivity index (χ1v) is 19.4. The number of phenolic OH excluding ortho intramolecular Hbond substituents is 1. The van der Waals surface area contributed by atoms with Crippen LogP contribution in [0.1, 0.15) is 65.5 Å². The van der Waals surface area contributed by atoms with Gasteiger partial charge in [-0.3, -0.25) is 19.0 Å². The van der Waals surface area contributed by atoms with Gasteiger partial charge >= 0.3 is 12.4 Å². The summed E-state index contributed by atoms with van der Waals surface area (Å²) in [4.78, 5) is 24.4. The molecule has 0 aliphatic rings. The first-order chi connectivity index (χ1) is 28.7. The molecule has 18 heteroatoms. The van der Waals surface area contributed by atoms with Gasteiger partial charge in [0.1, 0.15) is 18.1 Å². The van der Waals surface area contributed by atoms with Gasteiger partial charge in [-0.2, -0.15) is 36.5 Å². The predicted octanol–water partition coefficient (Wildman–Crippen LogP) is 11.2. The highest BCUT2D eigenvalue weighted by Crippen LogP contribution is 2.33. The smallest absolute Gasteiger partial charge is 0.435 e. The molecule has 0 radical (unpaired) electrons. The monoisotopic (exact) mass is 892 g/mol. The van der Waals surface area contributed by atoms with Crippen LogP contribution >= 0.6 is 23.2 Å². The molecule has 326 valence electrons. The fourth-order valence-corrected chi connectivity index (χ4v) is 5.84. The van der Waals surface area contributed by atoms with Crippen LogP contribution < -0.4 is 15.4 Å². The highest BCUT2D eigenvalue weighted by molar-refractivity contribution is 6.17. The van der Waals surface area contributed by atoms with E-state index in [1.54, 1.807) is 24.3 Å². The number of phenols is 1. The third-order valence-corrected chi connectivity index (χ3v) is 8.78. The molecular formula is C43H44Cl2F6N6O4. The fraction of sp³-hybridized carbons (Fsp3) is 0.256. The van der Waals surface area contributed by atoms with Gasteiger partial charge in [-0.05, 0) is 74.2 Å². The molecule has 0 spiro atoms. The maximum atomic E-state index is 13.1. The molecule has 0 aliphatic heterocycles. The zero-order chi connectivity index (χ0) is 45.7. The van der Waals surface area contributed by atoms with E-state index in [2.05, 4.69) is 64.5 Å². The summed E-state index contributed by atoms with van der Waals surface area (Å²) in [6.07, 6.45) is -5.98. The number of carbonyl (C=O) groups is 2. The molecule has 0 unspecified atom stereocenters. The van der Waals surface area contributed by atoms with Crippen LogP contribution in [0.2, 0.25) is 0 Å². The van der Waals surface area contributed by atoms with Crippen molar-refractivity contribution in [2.45, 2.75) is 52.5 Å². The minimum Gasteiger partial charge on any atom is -0.506 e. The number of aryl methyl sites for hydroxylation is 6. The summed E-state index contributed by atoms with van der Waals surface area (Å²) >= 11 is 10.3. The van der Waals surface area contributed by atoms with Crippen LogP contribution in [-0.2, 0) is 38.9 Å². The van der Waals surface area contributed by atoms with Gasteiger partial charge in [0.15, 0.2) is 11.4 Å². The number of alkyl halides is 8. The van der Waals surface area contributed by atoms with E-state index in [-0.39, 0.29) is 23.7 Å². The van der Waals surface area contributed by atoms with Crippen molar-refractivity contribution in [3.63, 3.8) is 0 Å². The number of aromatic hydroxyl groups is 1. The SMILES string of the molecule is CCl.Cc1ccc(CCl)c(C)c1.Cc1ccc(COc2ccccc2NC(=O)c2cn(C)nc2C(F)(F)F)c(C)c1.Cn1cc(C(=O)Nc2ccccc2O)c(C(F)(F)F)n1. The van der Waals surface area contributed by atoms with Crippen molar-refractivity contribution in [3.8, 4) is 11.5 Å². The molecule has 6 rings (SSSR count). The van der Waals surface area contributed by atoms with Crippen LogP contribution in [0, 0.1) is 27.7 Å². The number of benzene rings is 4. The maximum Gasteiger partial charge on any atom is 0.435 e. The van der Waals surface area contributed by atoms with Crippen molar-refractivity contribution < 1.29 is 45.8 Å². The lowest BCUT2D eigenvalue weighted by molar-refractivity contribution is -0.142. The zero-order valence-corrected chi connectivity index (χ0v) is 35.6. The molecule has 0 atom stereocenters. The van der Waals surface area contributed by atoms with E-state index in [1.165, 1.54) is 61.4 Å². The van der Waals surface area contributed by atoms with Crippen molar-refractivity contribution in [1.29, 1.82) is 0 Å². The van der Waals surface area contributed by atoms with Crippen LogP contribution in [0.15, 0.2) is 97.3 Å². The lowest BCUT2D eigenvalue weighted by atomic mass is 10.1. The molecule has 0 saturated heterocycles. The second-order valence-corrected chi connectivity index (χ2v) is 13.6. The van der Waals surface area contributed by atoms with Crippen LogP contribution in [0.3, 0.4) is 0 Å². The number of aromatic nitrogens is 4. The van der Waals surface area contributed by atoms with Gasteiger partial charge in [-0.1, -0.05) is 71.8 Å². The van der Waals surface area contributed by atoms with Crippen LogP contribution in [0.25, 0.3) is 0 Å². The summed E-state index contributed by atoms with van der Waals surface area (Å²) in [6.45, 7) is 8.41. The molecule has 0 saturated carbocycles. The quantitative estimate of drug-likeness (QED) is 0.0794. The van der Waals surface area contributed by atoms with E-state index in [4.69, 9.17) is 16.3 Å². The number of carbonyl (C=O) groups excluding carboxylic acids is 2. The summed E-state index contributed by atoms with van der Waals surface area (Å²) in [7, 11) is 2.61. The average molecular weight is 894 g/mol. The number of amides is 2. The Morgan fingerprint density at radius 1 is 0.672 bits per heavy atom. The topological polar surface area (TPSA) is 123 Å². The standard InChI is InChI=1S/C21H20F3N3O2.C12H10F3N3O2.C9H11Cl.CH3Cl/c1-13-8-9-15(14(2)10-13)12-29-18-7-5-4-6-17(18)25-20(28)16-11-27(3)26-19(16)21(22,23)24;1-18-6-7(10(17-18)12(13,14)15)11(20)16-8-4-2-3-5-9(8)19;1-7-3-4-9(6-10)8(2)5-7;1-2/h4-11H,12H2,1-3H3,(H,25,28);2-6,19H,1H3,(H,16,20);3-5H,6H2,1-2H3;1H3. The van der Waals surface area contributed by atoms with Crippen molar-refractivity contribution in [1.82, 2.24) is 19.6 Å². The number of para-hydroxylation sites is 4. The first-order valence-electron chi connectivity index (χ1n) is 18.1. The van der Waals surface area contributed by atoms with Crippen molar-refractivity contribution in [2.75, 3.05) is 17.0 Å². The third kappa shape index (κ3) is 14.3. The van der Waals surface area contributed by atoms with Crippen LogP contribution in [0.4, 0.5) is 37.7 Å². The molecule has 2 aromatic heterocycles. The molecule has 4 aromatic carbocycles. The Bertz CT molecular complexity index is 2410. The summed E-state index contributed by atoms with van der Waals surface area (Å²) in [5.41, 5.74) is 3.63. The van der Waals surface area contributed by atoms with Crippen molar-refractivity contribution in [2.24, 2.45) is 14.1 Å². The lowest BCUT2D eigenvalue weighted by Crippen LogP contribution is -2.18. The minimum atomic E-state index is -4.73. The summed E-state index contributed by atoms with van der Waals surface area (Å²) < 4.78 is 85.3. The Hall–Kier alpha value is -6.00. The summed E-state index contributed by atoms with van der Waals surface area (Å²) in [6, 6.07) is 24.6. The van der Waals surface area contributed by atoms with E-state index < -0.39 is 46.7 Å². The van der Waals surface area contributed by atoms with E-state index in [9.17, 15) is 41.0 Å². The highest BCUT2D eigenvalue weighted by Gasteiger charge is 2.40. The van der Waals surface area contributed by atoms with Gasteiger partial charge in [0, 0.05) is 38.8 Å². The normalized spacial score (nSPS) is 10.9. The Kier molecular flexibility index (Phi) is 17.8. The number of nitrogens with one attached hydrogen (secondary N) is 2. The molecule has 6 aromatic rings. The number of rotatable bonds is 8. The van der Waals surface area contributed by atoms with Gasteiger partial charge in [0.2, 0.25) is 0 Å². The number of anilines is 2. The Morgan fingerprint density at radius 3 is 1.54 bits per heavy atom. The number of halogens is 8. The summed E-state index contributed by atoms with van der Waals surface area (Å²) in [5.74, 6) is -1.16. The fourth-order valence-electron chi connectivity index (χ4n) is 5.54. The van der Waals surface area contributed by atoms with E-state index >= 15 is 0 Å². The molecule has 0 fully saturated rings. The van der Waals surface area contributed by atoms with E-state index in [0.29, 0.717) is 11.6 Å². The number of hydrogen-bond donors (Lipinski definition) is 3. The summed E-state index contributed by atoms with van der Waals surface area (Å²) in [5, 5.41) is 20.8. The van der Waals surface area contributed by atoms with Gasteiger partial charge in [0.25, 0.3) is 11.8 Å². The van der Waals surface area contributed by atoms with Crippen LogP contribution in [-0.4, -0.2) is 42.9 Å². The zero-order valence-electron chi connectivity index (χ0n) is 34.1. The molecule has 0 bridgehead atoms. The second kappa shape index (κ2) is 22.0. The molecule has 2 amide bonds. The third-order valence-electron chi connectivity index (χ3n) is 8.49. The second-order valence-electron chi connectivity index (χ2n) is 13.3. The van der Waals surface area contributed by atoms with Crippen molar-refractivity contribution in [3.05, 3.63) is 153 Å². The van der Waals surface area contributed by atoms with Gasteiger partial charge in [-0.15, -0.1) is 23.2 Å². The van der Waals surface area contributed by atoms with Crippen LogP contribution in [0.5, 0.6) is 11.5 Å². The maximum absolute atomic E-state index is 13.1. The minimum absolute atomic E-state index is 0.0227. The Labute approximate surface area is 359 Å². The average Bonchev–Trinajstić information content (AvgIpc) is 3.81. The number of ether oxygens (including phenoxy) is 1. The first kappa shape index (κ1) is 49.4.